The molecule has 20 heavy (non-hydrogen) atoms. The molecule has 2 rings (SSSR count). The molecule has 0 fully saturated rings. The van der Waals surface area contributed by atoms with Gasteiger partial charge in [0, 0.05) is 0 Å². The van der Waals surface area contributed by atoms with E-state index in [4.69, 9.17) is 23.2 Å². The van der Waals surface area contributed by atoms with Crippen molar-refractivity contribution in [3.63, 3.8) is 0 Å². The maximum atomic E-state index is 13.6. The van der Waals surface area contributed by atoms with Gasteiger partial charge in [-0.25, -0.2) is 4.39 Å². The van der Waals surface area contributed by atoms with Crippen LogP contribution < -0.4 is 5.56 Å². The fourth-order valence-corrected chi connectivity index (χ4v) is 1.69. The number of nitrogens with zero attached hydrogens (tertiary/aromatic N) is 2. The molecule has 0 spiro atoms. The molecule has 9 heteroatoms. The highest BCUT2D eigenvalue weighted by Crippen LogP contribution is 2.31. The number of aromatic nitrogens is 2. The van der Waals surface area contributed by atoms with E-state index in [1.807, 2.05) is 0 Å². The first-order valence-corrected chi connectivity index (χ1v) is 5.78. The fraction of sp³-hybridized carbons (Fsp3) is 0.0909. The molecule has 3 nitrogen and oxygen atoms in total. The smallest absolute Gasteiger partial charge is 0.266 e. The van der Waals surface area contributed by atoms with Crippen LogP contribution in [0, 0.1) is 5.82 Å². The zero-order valence-electron chi connectivity index (χ0n) is 9.38. The van der Waals surface area contributed by atoms with Crippen molar-refractivity contribution in [2.45, 2.75) is 6.18 Å². The average molecular weight is 327 g/mol. The quantitative estimate of drug-likeness (QED) is 0.749. The third-order valence-corrected chi connectivity index (χ3v) is 3.13. The molecule has 0 aliphatic rings. The van der Waals surface area contributed by atoms with Gasteiger partial charge in [0.25, 0.3) is 5.56 Å². The minimum Gasteiger partial charge on any atom is -0.266 e. The molecular formula is C11H4Cl2F4N2O. The summed E-state index contributed by atoms with van der Waals surface area (Å²) in [5, 5.41) is 2.83. The van der Waals surface area contributed by atoms with E-state index in [0.29, 0.717) is 22.9 Å². The van der Waals surface area contributed by atoms with E-state index in [0.717, 1.165) is 6.20 Å². The minimum absolute atomic E-state index is 0.180. The highest BCUT2D eigenvalue weighted by Gasteiger charge is 2.31. The maximum Gasteiger partial charge on any atom is 0.416 e. The van der Waals surface area contributed by atoms with E-state index in [1.165, 1.54) is 0 Å². The molecule has 0 bridgehead atoms. The van der Waals surface area contributed by atoms with Crippen molar-refractivity contribution in [1.82, 2.24) is 9.78 Å². The van der Waals surface area contributed by atoms with Gasteiger partial charge in [0.05, 0.1) is 16.8 Å². The van der Waals surface area contributed by atoms with Crippen molar-refractivity contribution in [3.05, 3.63) is 56.2 Å². The van der Waals surface area contributed by atoms with Crippen LogP contribution in [0.25, 0.3) is 5.69 Å². The first kappa shape index (κ1) is 14.8. The van der Waals surface area contributed by atoms with E-state index in [9.17, 15) is 22.4 Å². The molecule has 0 N–H and O–H groups in total. The van der Waals surface area contributed by atoms with Gasteiger partial charge in [0.15, 0.2) is 0 Å². The van der Waals surface area contributed by atoms with Crippen LogP contribution in [0.4, 0.5) is 17.6 Å². The van der Waals surface area contributed by atoms with Gasteiger partial charge in [-0.15, -0.1) is 0 Å². The summed E-state index contributed by atoms with van der Waals surface area (Å²) >= 11 is 11.1. The number of benzene rings is 1. The summed E-state index contributed by atoms with van der Waals surface area (Å²) in [6.07, 6.45) is -3.74. The topological polar surface area (TPSA) is 34.9 Å². The van der Waals surface area contributed by atoms with E-state index >= 15 is 0 Å². The Balaban J connectivity index is 2.70. The molecule has 1 heterocycles. The molecule has 2 aromatic rings. The zero-order valence-corrected chi connectivity index (χ0v) is 10.9. The second kappa shape index (κ2) is 5.06. The van der Waals surface area contributed by atoms with Gasteiger partial charge in [-0.3, -0.25) is 4.79 Å². The molecule has 0 amide bonds. The number of alkyl halides is 3. The Kier molecular flexibility index (Phi) is 3.75. The lowest BCUT2D eigenvalue weighted by molar-refractivity contribution is -0.137. The first-order chi connectivity index (χ1) is 9.21. The van der Waals surface area contributed by atoms with Crippen LogP contribution in [0.15, 0.2) is 29.2 Å². The van der Waals surface area contributed by atoms with Gasteiger partial charge in [0.1, 0.15) is 16.5 Å². The predicted molar refractivity (Wildman–Crippen MR) is 64.8 cm³/mol. The molecule has 0 saturated carbocycles. The molecule has 0 aliphatic carbocycles. The molecule has 1 aromatic heterocycles. The summed E-state index contributed by atoms with van der Waals surface area (Å²) in [5.74, 6) is -1.05. The lowest BCUT2D eigenvalue weighted by Crippen LogP contribution is -2.23. The molecule has 0 saturated heterocycles. The predicted octanol–water partition coefficient (Wildman–Crippen LogP) is 3.70. The Bertz CT molecular complexity index is 727. The van der Waals surface area contributed by atoms with Gasteiger partial charge >= 0.3 is 6.18 Å². The Hall–Kier alpha value is -1.60. The van der Waals surface area contributed by atoms with Crippen LogP contribution in [0.2, 0.25) is 10.0 Å². The number of rotatable bonds is 1. The largest absolute Gasteiger partial charge is 0.416 e. The second-order valence-electron chi connectivity index (χ2n) is 3.69. The van der Waals surface area contributed by atoms with E-state index in [2.05, 4.69) is 5.10 Å². The van der Waals surface area contributed by atoms with Crippen LogP contribution in [0.3, 0.4) is 0 Å². The summed E-state index contributed by atoms with van der Waals surface area (Å²) < 4.78 is 51.8. The number of hydrogen-bond donors (Lipinski definition) is 0. The third-order valence-electron chi connectivity index (χ3n) is 2.38. The van der Waals surface area contributed by atoms with Crippen LogP contribution in [-0.4, -0.2) is 9.78 Å². The standard InChI is InChI=1S/C11H4Cl2F4N2O/c12-6-4-18-19(10(20)9(6)13)8-3-5(11(15,16)17)1-2-7(8)14/h1-4H. The van der Waals surface area contributed by atoms with Gasteiger partial charge in [-0.1, -0.05) is 23.2 Å². The Morgan fingerprint density at radius 3 is 2.45 bits per heavy atom. The summed E-state index contributed by atoms with van der Waals surface area (Å²) in [4.78, 5) is 11.7. The second-order valence-corrected chi connectivity index (χ2v) is 4.47. The summed E-state index contributed by atoms with van der Waals surface area (Å²) in [6.45, 7) is 0. The van der Waals surface area contributed by atoms with Gasteiger partial charge in [-0.2, -0.15) is 23.0 Å². The highest BCUT2D eigenvalue weighted by molar-refractivity contribution is 6.41. The molecule has 106 valence electrons. The average Bonchev–Trinajstić information content (AvgIpc) is 2.36. The normalized spacial score (nSPS) is 11.7. The molecule has 0 atom stereocenters. The van der Waals surface area contributed by atoms with Crippen molar-refractivity contribution in [2.24, 2.45) is 0 Å². The summed E-state index contributed by atoms with van der Waals surface area (Å²) in [5.41, 5.74) is -2.80. The van der Waals surface area contributed by atoms with E-state index in [-0.39, 0.29) is 5.02 Å². The SMILES string of the molecule is O=c1c(Cl)c(Cl)cnn1-c1cc(C(F)(F)F)ccc1F. The molecule has 0 unspecified atom stereocenters. The molecule has 1 aromatic carbocycles. The van der Waals surface area contributed by atoms with Crippen molar-refractivity contribution in [3.8, 4) is 5.69 Å². The van der Waals surface area contributed by atoms with Crippen LogP contribution >= 0.6 is 23.2 Å². The number of halogens is 6. The molecule has 0 radical (unpaired) electrons. The first-order valence-electron chi connectivity index (χ1n) is 5.02. The van der Waals surface area contributed by atoms with E-state index < -0.39 is 33.8 Å². The lowest BCUT2D eigenvalue weighted by atomic mass is 10.2. The Morgan fingerprint density at radius 1 is 1.20 bits per heavy atom. The van der Waals surface area contributed by atoms with E-state index in [1.54, 1.807) is 0 Å². The minimum atomic E-state index is -4.68. The van der Waals surface area contributed by atoms with Gasteiger partial charge < -0.3 is 0 Å². The van der Waals surface area contributed by atoms with Crippen molar-refractivity contribution in [2.75, 3.05) is 0 Å². The molecular weight excluding hydrogens is 323 g/mol. The van der Waals surface area contributed by atoms with Gasteiger partial charge in [0.2, 0.25) is 0 Å². The number of hydrogen-bond acceptors (Lipinski definition) is 2. The Morgan fingerprint density at radius 2 is 1.85 bits per heavy atom. The Labute approximate surface area is 119 Å². The van der Waals surface area contributed by atoms with Crippen LogP contribution in [-0.2, 0) is 6.18 Å². The maximum absolute atomic E-state index is 13.6. The lowest BCUT2D eigenvalue weighted by Gasteiger charge is -2.11. The van der Waals surface area contributed by atoms with Crippen molar-refractivity contribution in [1.29, 1.82) is 0 Å². The summed E-state index contributed by atoms with van der Waals surface area (Å²) in [7, 11) is 0. The van der Waals surface area contributed by atoms with Crippen molar-refractivity contribution < 1.29 is 17.6 Å². The molecule has 0 aliphatic heterocycles. The zero-order chi connectivity index (χ0) is 15.1. The third kappa shape index (κ3) is 2.64. The highest BCUT2D eigenvalue weighted by atomic mass is 35.5. The summed E-state index contributed by atoms with van der Waals surface area (Å²) in [6, 6.07) is 1.62. The van der Waals surface area contributed by atoms with Crippen LogP contribution in [0.1, 0.15) is 5.56 Å². The van der Waals surface area contributed by atoms with Crippen LogP contribution in [0.5, 0.6) is 0 Å². The van der Waals surface area contributed by atoms with Crippen molar-refractivity contribution >= 4 is 23.2 Å². The van der Waals surface area contributed by atoms with Gasteiger partial charge in [-0.05, 0) is 18.2 Å². The fourth-order valence-electron chi connectivity index (χ4n) is 1.44. The monoisotopic (exact) mass is 326 g/mol.